The number of anilines is 1. The molecule has 1 fully saturated rings. The van der Waals surface area contributed by atoms with E-state index < -0.39 is 29.0 Å². The standard InChI is InChI=1S/C26H29F4N7O3S/c27-22-19(33-20(38)16-36-10-3-1-4-11-36)8-13-37(25(22)40)12-5-2-6-21-34-35-24(41-21)23(39)32-15-18-14-17(7-9-31-18)26(28,29)30/h7-9,13-14H,1-6,10-12,15-16H2,(H,32,39)(H,33,38). The van der Waals surface area contributed by atoms with E-state index in [0.717, 1.165) is 62.0 Å². The lowest BCUT2D eigenvalue weighted by molar-refractivity contribution is -0.137. The van der Waals surface area contributed by atoms with Gasteiger partial charge in [-0.15, -0.1) is 10.2 Å². The van der Waals surface area contributed by atoms with Gasteiger partial charge in [0, 0.05) is 25.4 Å². The molecule has 2 N–H and O–H groups in total. The summed E-state index contributed by atoms with van der Waals surface area (Å²) in [6.07, 6.45) is 2.70. The molecule has 0 aromatic carbocycles. The van der Waals surface area contributed by atoms with Crippen molar-refractivity contribution in [2.24, 2.45) is 0 Å². The monoisotopic (exact) mass is 595 g/mol. The molecule has 0 radical (unpaired) electrons. The molecule has 1 aliphatic heterocycles. The van der Waals surface area contributed by atoms with Gasteiger partial charge in [0.05, 0.1) is 30.0 Å². The van der Waals surface area contributed by atoms with Crippen LogP contribution in [0.2, 0.25) is 0 Å². The van der Waals surface area contributed by atoms with Crippen LogP contribution in [0.1, 0.15) is 58.2 Å². The molecule has 0 unspecified atom stereocenters. The molecule has 1 aliphatic rings. The van der Waals surface area contributed by atoms with Gasteiger partial charge in [-0.3, -0.25) is 24.3 Å². The molecule has 220 valence electrons. The van der Waals surface area contributed by atoms with Crippen LogP contribution in [-0.4, -0.2) is 56.1 Å². The van der Waals surface area contributed by atoms with E-state index in [1.54, 1.807) is 0 Å². The number of aryl methyl sites for hydroxylation is 2. The molecule has 4 heterocycles. The van der Waals surface area contributed by atoms with Gasteiger partial charge in [-0.25, -0.2) is 0 Å². The number of hydrogen-bond donors (Lipinski definition) is 2. The number of unbranched alkanes of at least 4 members (excludes halogenated alkanes) is 1. The number of nitrogens with one attached hydrogen (secondary N) is 2. The molecule has 0 saturated carbocycles. The lowest BCUT2D eigenvalue weighted by Gasteiger charge is -2.25. The maximum atomic E-state index is 14.6. The van der Waals surface area contributed by atoms with Gasteiger partial charge in [-0.05, 0) is 57.0 Å². The highest BCUT2D eigenvalue weighted by Crippen LogP contribution is 2.29. The van der Waals surface area contributed by atoms with Crippen LogP contribution in [0, 0.1) is 5.82 Å². The van der Waals surface area contributed by atoms with Crippen molar-refractivity contribution in [1.82, 2.24) is 30.0 Å². The average Bonchev–Trinajstić information content (AvgIpc) is 3.43. The zero-order valence-corrected chi connectivity index (χ0v) is 22.9. The Labute approximate surface area is 236 Å². The smallest absolute Gasteiger partial charge is 0.344 e. The zero-order valence-electron chi connectivity index (χ0n) is 22.0. The first-order chi connectivity index (χ1) is 19.6. The molecule has 0 aliphatic carbocycles. The quantitative estimate of drug-likeness (QED) is 0.257. The fraction of sp³-hybridized carbons (Fsp3) is 0.462. The molecule has 3 aromatic heterocycles. The number of amides is 2. The Morgan fingerprint density at radius 2 is 1.85 bits per heavy atom. The first-order valence-electron chi connectivity index (χ1n) is 13.1. The highest BCUT2D eigenvalue weighted by molar-refractivity contribution is 7.13. The van der Waals surface area contributed by atoms with Crippen LogP contribution in [0.15, 0.2) is 35.4 Å². The van der Waals surface area contributed by atoms with Crippen molar-refractivity contribution < 1.29 is 27.2 Å². The summed E-state index contributed by atoms with van der Waals surface area (Å²) in [6.45, 7) is 1.84. The summed E-state index contributed by atoms with van der Waals surface area (Å²) in [5, 5.41) is 13.4. The molecule has 0 atom stereocenters. The molecule has 0 spiro atoms. The van der Waals surface area contributed by atoms with Crippen molar-refractivity contribution in [3.05, 3.63) is 68.0 Å². The molecular weight excluding hydrogens is 566 g/mol. The Bertz CT molecular complexity index is 1420. The normalized spacial score (nSPS) is 14.1. The van der Waals surface area contributed by atoms with E-state index in [9.17, 15) is 31.9 Å². The number of nitrogens with zero attached hydrogens (tertiary/aromatic N) is 5. The van der Waals surface area contributed by atoms with Gasteiger partial charge in [0.1, 0.15) is 5.01 Å². The number of likely N-dealkylation sites (tertiary alicyclic amines) is 1. The molecular formula is C26H29F4N7O3S. The van der Waals surface area contributed by atoms with Crippen LogP contribution in [0.25, 0.3) is 0 Å². The van der Waals surface area contributed by atoms with Crippen LogP contribution < -0.4 is 16.2 Å². The Hall–Kier alpha value is -3.72. The van der Waals surface area contributed by atoms with Gasteiger partial charge in [0.25, 0.3) is 11.5 Å². The van der Waals surface area contributed by atoms with Gasteiger partial charge in [0.15, 0.2) is 0 Å². The lowest BCUT2D eigenvalue weighted by Crippen LogP contribution is -2.37. The van der Waals surface area contributed by atoms with Gasteiger partial charge < -0.3 is 15.2 Å². The maximum absolute atomic E-state index is 14.6. The van der Waals surface area contributed by atoms with Crippen LogP contribution in [0.3, 0.4) is 0 Å². The Morgan fingerprint density at radius 1 is 1.07 bits per heavy atom. The number of aromatic nitrogens is 4. The molecule has 10 nitrogen and oxygen atoms in total. The molecule has 2 amide bonds. The molecule has 4 rings (SSSR count). The summed E-state index contributed by atoms with van der Waals surface area (Å²) in [5.74, 6) is -1.96. The van der Waals surface area contributed by atoms with Crippen LogP contribution >= 0.6 is 11.3 Å². The second kappa shape index (κ2) is 13.8. The number of alkyl halides is 3. The van der Waals surface area contributed by atoms with Gasteiger partial charge >= 0.3 is 6.18 Å². The first-order valence-corrected chi connectivity index (χ1v) is 14.0. The van der Waals surface area contributed by atoms with Crippen molar-refractivity contribution in [2.45, 2.75) is 57.8 Å². The number of hydrogen-bond acceptors (Lipinski definition) is 8. The Morgan fingerprint density at radius 3 is 2.61 bits per heavy atom. The van der Waals surface area contributed by atoms with Crippen LogP contribution in [0.5, 0.6) is 0 Å². The Kier molecular flexibility index (Phi) is 10.2. The number of halogens is 4. The van der Waals surface area contributed by atoms with Crippen LogP contribution in [0.4, 0.5) is 23.2 Å². The third-order valence-electron chi connectivity index (χ3n) is 6.47. The fourth-order valence-corrected chi connectivity index (χ4v) is 5.13. The topological polar surface area (TPSA) is 122 Å². The molecule has 15 heteroatoms. The van der Waals surface area contributed by atoms with E-state index in [1.807, 2.05) is 4.90 Å². The predicted octanol–water partition coefficient (Wildman–Crippen LogP) is 3.63. The molecule has 3 aromatic rings. The molecule has 41 heavy (non-hydrogen) atoms. The molecule has 1 saturated heterocycles. The summed E-state index contributed by atoms with van der Waals surface area (Å²) < 4.78 is 54.4. The minimum atomic E-state index is -4.51. The second-order valence-corrected chi connectivity index (χ2v) is 10.7. The fourth-order valence-electron chi connectivity index (χ4n) is 4.33. The van der Waals surface area contributed by atoms with Gasteiger partial charge in [0.2, 0.25) is 16.7 Å². The second-order valence-electron chi connectivity index (χ2n) is 9.60. The maximum Gasteiger partial charge on any atom is 0.416 e. The number of carbonyl (C=O) groups excluding carboxylic acids is 2. The van der Waals surface area contributed by atoms with Crippen molar-refractivity contribution in [3.63, 3.8) is 0 Å². The van der Waals surface area contributed by atoms with Gasteiger partial charge in [-0.2, -0.15) is 17.6 Å². The van der Waals surface area contributed by atoms with E-state index >= 15 is 0 Å². The van der Waals surface area contributed by atoms with Gasteiger partial charge in [-0.1, -0.05) is 17.8 Å². The third kappa shape index (κ3) is 8.63. The minimum absolute atomic E-state index is 0.0532. The van der Waals surface area contributed by atoms with E-state index in [2.05, 4.69) is 25.8 Å². The van der Waals surface area contributed by atoms with Crippen molar-refractivity contribution >= 4 is 28.8 Å². The molecule has 0 bridgehead atoms. The highest BCUT2D eigenvalue weighted by atomic mass is 32.1. The van der Waals surface area contributed by atoms with E-state index in [-0.39, 0.29) is 41.9 Å². The Balaban J connectivity index is 1.21. The first kappa shape index (κ1) is 30.2. The minimum Gasteiger partial charge on any atom is -0.344 e. The number of pyridine rings is 2. The average molecular weight is 596 g/mol. The van der Waals surface area contributed by atoms with Crippen molar-refractivity contribution in [3.8, 4) is 0 Å². The summed E-state index contributed by atoms with van der Waals surface area (Å²) >= 11 is 1.05. The van der Waals surface area contributed by atoms with E-state index in [0.29, 0.717) is 24.3 Å². The van der Waals surface area contributed by atoms with Crippen molar-refractivity contribution in [2.75, 3.05) is 25.0 Å². The summed E-state index contributed by atoms with van der Waals surface area (Å²) in [7, 11) is 0. The summed E-state index contributed by atoms with van der Waals surface area (Å²) in [4.78, 5) is 42.9. The van der Waals surface area contributed by atoms with E-state index in [4.69, 9.17) is 0 Å². The summed E-state index contributed by atoms with van der Waals surface area (Å²) in [6, 6.07) is 3.08. The number of carbonyl (C=O) groups is 2. The zero-order chi connectivity index (χ0) is 29.4. The SMILES string of the molecule is O=C(CN1CCCCC1)Nc1ccn(CCCCc2nnc(C(=O)NCc3cc(C(F)(F)F)ccn3)s2)c(=O)c1F. The predicted molar refractivity (Wildman–Crippen MR) is 143 cm³/mol. The highest BCUT2D eigenvalue weighted by Gasteiger charge is 2.30. The number of piperidine rings is 1. The van der Waals surface area contributed by atoms with Crippen molar-refractivity contribution in [1.29, 1.82) is 0 Å². The van der Waals surface area contributed by atoms with E-state index in [1.165, 1.54) is 16.8 Å². The lowest BCUT2D eigenvalue weighted by atomic mass is 10.1. The number of rotatable bonds is 11. The largest absolute Gasteiger partial charge is 0.416 e. The third-order valence-corrected chi connectivity index (χ3v) is 7.45. The van der Waals surface area contributed by atoms with Crippen LogP contribution in [-0.2, 0) is 30.5 Å². The summed E-state index contributed by atoms with van der Waals surface area (Å²) in [5.41, 5.74) is -1.77.